The lowest BCUT2D eigenvalue weighted by atomic mass is 10.1. The number of methoxy groups -OCH3 is 2. The number of nitrogens with one attached hydrogen (secondary N) is 1. The van der Waals surface area contributed by atoms with Crippen LogP contribution in [0.5, 0.6) is 11.5 Å². The van der Waals surface area contributed by atoms with Gasteiger partial charge in [-0.05, 0) is 25.1 Å². The Balaban J connectivity index is 1.80. The summed E-state index contributed by atoms with van der Waals surface area (Å²) in [6, 6.07) is 7.81. The van der Waals surface area contributed by atoms with Crippen LogP contribution in [0.15, 0.2) is 35.2 Å². The molecule has 1 N–H and O–H groups in total. The maximum absolute atomic E-state index is 9.32. The number of nitriles is 1. The van der Waals surface area contributed by atoms with Crippen molar-refractivity contribution < 1.29 is 9.47 Å². The normalized spacial score (nSPS) is 11.1. The zero-order chi connectivity index (χ0) is 18.5. The number of nitrogens with zero attached hydrogens (tertiary/aromatic N) is 3. The molecule has 0 bridgehead atoms. The molecule has 0 aliphatic heterocycles. The van der Waals surface area contributed by atoms with Crippen LogP contribution < -0.4 is 14.8 Å². The topological polar surface area (TPSA) is 80.1 Å². The van der Waals surface area contributed by atoms with Crippen molar-refractivity contribution in [1.29, 1.82) is 5.26 Å². The Labute approximate surface area is 159 Å². The minimum atomic E-state index is 0.478. The first kappa shape index (κ1) is 17.9. The van der Waals surface area contributed by atoms with Gasteiger partial charge in [-0.15, -0.1) is 22.7 Å². The Bertz CT molecular complexity index is 985. The molecule has 0 atom stereocenters. The second kappa shape index (κ2) is 7.99. The highest BCUT2D eigenvalue weighted by atomic mass is 32.1. The Kier molecular flexibility index (Phi) is 5.51. The highest BCUT2D eigenvalue weighted by Gasteiger charge is 2.10. The van der Waals surface area contributed by atoms with Gasteiger partial charge < -0.3 is 14.8 Å². The standard InChI is InChI=1S/C18H16N4O2S2/c1-11-9-25-17(21-11)13(7-19)8-20-18-22-14(10-26-18)12-4-5-15(23-2)16(6-12)24-3/h4-6,8-10H,1-3H3,(H,20,22)/b13-8+. The Morgan fingerprint density at radius 1 is 1.15 bits per heavy atom. The summed E-state index contributed by atoms with van der Waals surface area (Å²) in [5.41, 5.74) is 3.12. The molecule has 0 spiro atoms. The average Bonchev–Trinajstić information content (AvgIpc) is 3.31. The number of hydrogen-bond donors (Lipinski definition) is 1. The molecule has 8 heteroatoms. The molecule has 3 aromatic rings. The number of aromatic nitrogens is 2. The molecule has 2 aromatic heterocycles. The zero-order valence-corrected chi connectivity index (χ0v) is 16.1. The smallest absolute Gasteiger partial charge is 0.187 e. The molecule has 26 heavy (non-hydrogen) atoms. The maximum Gasteiger partial charge on any atom is 0.187 e. The fourth-order valence-electron chi connectivity index (χ4n) is 2.22. The number of aryl methyl sites for hydroxylation is 1. The number of rotatable bonds is 6. The van der Waals surface area contributed by atoms with E-state index in [4.69, 9.17) is 9.47 Å². The van der Waals surface area contributed by atoms with Crippen LogP contribution in [0.2, 0.25) is 0 Å². The fourth-order valence-corrected chi connectivity index (χ4v) is 3.67. The van der Waals surface area contributed by atoms with Crippen molar-refractivity contribution in [2.45, 2.75) is 6.92 Å². The van der Waals surface area contributed by atoms with Gasteiger partial charge in [0.2, 0.25) is 0 Å². The molecule has 3 rings (SSSR count). The van der Waals surface area contributed by atoms with Crippen LogP contribution in [0, 0.1) is 18.3 Å². The molecule has 6 nitrogen and oxygen atoms in total. The quantitative estimate of drug-likeness (QED) is 0.627. The van der Waals surface area contributed by atoms with Crippen molar-refractivity contribution in [1.82, 2.24) is 9.97 Å². The summed E-state index contributed by atoms with van der Waals surface area (Å²) in [5, 5.41) is 17.6. The molecule has 0 saturated heterocycles. The number of hydrogen-bond acceptors (Lipinski definition) is 8. The van der Waals surface area contributed by atoms with Crippen LogP contribution in [-0.4, -0.2) is 24.2 Å². The van der Waals surface area contributed by atoms with Gasteiger partial charge in [-0.3, -0.25) is 0 Å². The summed E-state index contributed by atoms with van der Waals surface area (Å²) in [5.74, 6) is 1.32. The van der Waals surface area contributed by atoms with E-state index in [0.717, 1.165) is 17.0 Å². The molecule has 132 valence electrons. The summed E-state index contributed by atoms with van der Waals surface area (Å²) in [7, 11) is 3.20. The molecule has 0 radical (unpaired) electrons. The van der Waals surface area contributed by atoms with Crippen LogP contribution in [0.3, 0.4) is 0 Å². The van der Waals surface area contributed by atoms with Crippen LogP contribution in [0.4, 0.5) is 5.13 Å². The first-order chi connectivity index (χ1) is 12.6. The second-order valence-electron chi connectivity index (χ2n) is 5.22. The highest BCUT2D eigenvalue weighted by molar-refractivity contribution is 7.14. The molecule has 0 fully saturated rings. The molecule has 0 aliphatic carbocycles. The van der Waals surface area contributed by atoms with Gasteiger partial charge in [0, 0.05) is 28.2 Å². The molecule has 0 amide bonds. The largest absolute Gasteiger partial charge is 0.493 e. The summed E-state index contributed by atoms with van der Waals surface area (Å²) >= 11 is 2.90. The van der Waals surface area contributed by atoms with E-state index in [1.54, 1.807) is 20.4 Å². The van der Waals surface area contributed by atoms with Crippen molar-refractivity contribution >= 4 is 33.4 Å². The summed E-state index contributed by atoms with van der Waals surface area (Å²) in [6.45, 7) is 1.90. The van der Waals surface area contributed by atoms with Gasteiger partial charge in [0.25, 0.3) is 0 Å². The van der Waals surface area contributed by atoms with Crippen molar-refractivity contribution in [3.8, 4) is 28.8 Å². The third-order valence-electron chi connectivity index (χ3n) is 3.49. The number of thiazole rings is 2. The monoisotopic (exact) mass is 384 g/mol. The molecule has 1 aromatic carbocycles. The summed E-state index contributed by atoms with van der Waals surface area (Å²) in [6.07, 6.45) is 1.63. The highest BCUT2D eigenvalue weighted by Crippen LogP contribution is 2.33. The van der Waals surface area contributed by atoms with E-state index in [0.29, 0.717) is 27.2 Å². The fraction of sp³-hybridized carbons (Fsp3) is 0.167. The van der Waals surface area contributed by atoms with Crippen LogP contribution in [0.25, 0.3) is 16.8 Å². The number of ether oxygens (including phenoxy) is 2. The maximum atomic E-state index is 9.32. The second-order valence-corrected chi connectivity index (χ2v) is 6.93. The van der Waals surface area contributed by atoms with Gasteiger partial charge in [-0.1, -0.05) is 0 Å². The molecular weight excluding hydrogens is 368 g/mol. The Hall–Kier alpha value is -2.89. The number of benzene rings is 1. The van der Waals surface area contributed by atoms with E-state index in [1.807, 2.05) is 35.9 Å². The molecule has 2 heterocycles. The summed E-state index contributed by atoms with van der Waals surface area (Å²) < 4.78 is 10.6. The van der Waals surface area contributed by atoms with Crippen molar-refractivity contribution in [2.24, 2.45) is 0 Å². The minimum absolute atomic E-state index is 0.478. The predicted octanol–water partition coefficient (Wildman–Crippen LogP) is 4.57. The van der Waals surface area contributed by atoms with Crippen LogP contribution in [-0.2, 0) is 0 Å². The van der Waals surface area contributed by atoms with E-state index in [9.17, 15) is 5.26 Å². The molecular formula is C18H16N4O2S2. The van der Waals surface area contributed by atoms with Crippen LogP contribution >= 0.6 is 22.7 Å². The van der Waals surface area contributed by atoms with Gasteiger partial charge in [-0.2, -0.15) is 5.26 Å². The summed E-state index contributed by atoms with van der Waals surface area (Å²) in [4.78, 5) is 8.88. The van der Waals surface area contributed by atoms with Gasteiger partial charge >= 0.3 is 0 Å². The number of anilines is 1. The number of allylic oxidation sites excluding steroid dienone is 1. The Morgan fingerprint density at radius 2 is 1.96 bits per heavy atom. The average molecular weight is 384 g/mol. The first-order valence-corrected chi connectivity index (χ1v) is 9.37. The predicted molar refractivity (Wildman–Crippen MR) is 105 cm³/mol. The third-order valence-corrected chi connectivity index (χ3v) is 5.26. The van der Waals surface area contributed by atoms with Crippen molar-refractivity contribution in [2.75, 3.05) is 19.5 Å². The van der Waals surface area contributed by atoms with Crippen LogP contribution in [0.1, 0.15) is 10.7 Å². The van der Waals surface area contributed by atoms with E-state index in [1.165, 1.54) is 22.7 Å². The van der Waals surface area contributed by atoms with Gasteiger partial charge in [0.05, 0.1) is 19.9 Å². The van der Waals surface area contributed by atoms with E-state index < -0.39 is 0 Å². The molecule has 0 unspecified atom stereocenters. The van der Waals surface area contributed by atoms with E-state index >= 15 is 0 Å². The Morgan fingerprint density at radius 3 is 2.62 bits per heavy atom. The van der Waals surface area contributed by atoms with E-state index in [-0.39, 0.29) is 0 Å². The minimum Gasteiger partial charge on any atom is -0.493 e. The van der Waals surface area contributed by atoms with Gasteiger partial charge in [-0.25, -0.2) is 9.97 Å². The van der Waals surface area contributed by atoms with E-state index in [2.05, 4.69) is 21.4 Å². The van der Waals surface area contributed by atoms with Crippen molar-refractivity contribution in [3.05, 3.63) is 45.9 Å². The lowest BCUT2D eigenvalue weighted by molar-refractivity contribution is 0.355. The lowest BCUT2D eigenvalue weighted by Gasteiger charge is -2.08. The SMILES string of the molecule is COc1ccc(-c2csc(N/C=C(\C#N)c3nc(C)cs3)n2)cc1OC. The van der Waals surface area contributed by atoms with Crippen molar-refractivity contribution in [3.63, 3.8) is 0 Å². The first-order valence-electron chi connectivity index (χ1n) is 7.62. The zero-order valence-electron chi connectivity index (χ0n) is 14.4. The molecule has 0 saturated carbocycles. The third kappa shape index (κ3) is 3.85. The lowest BCUT2D eigenvalue weighted by Crippen LogP contribution is -1.92. The van der Waals surface area contributed by atoms with Gasteiger partial charge in [0.15, 0.2) is 16.6 Å². The van der Waals surface area contributed by atoms with Gasteiger partial charge in [0.1, 0.15) is 16.6 Å². The molecule has 0 aliphatic rings.